The zero-order chi connectivity index (χ0) is 16.3. The molecule has 0 radical (unpaired) electrons. The number of hydrogen-bond donors (Lipinski definition) is 0. The lowest BCUT2D eigenvalue weighted by atomic mass is 9.89. The van der Waals surface area contributed by atoms with Crippen LogP contribution in [0.15, 0.2) is 29.2 Å². The molecule has 0 bridgehead atoms. The highest BCUT2D eigenvalue weighted by Gasteiger charge is 2.39. The van der Waals surface area contributed by atoms with E-state index < -0.39 is 33.0 Å². The van der Waals surface area contributed by atoms with Gasteiger partial charge in [-0.25, -0.2) is 12.8 Å². The van der Waals surface area contributed by atoms with Crippen LogP contribution in [0.1, 0.15) is 32.6 Å². The fraction of sp³-hybridized carbons (Fsp3) is 0.467. The number of ether oxygens (including phenoxy) is 1. The van der Waals surface area contributed by atoms with Crippen molar-refractivity contribution in [2.24, 2.45) is 5.92 Å². The van der Waals surface area contributed by atoms with Crippen molar-refractivity contribution in [2.45, 2.75) is 42.9 Å². The third-order valence-electron chi connectivity index (χ3n) is 3.62. The summed E-state index contributed by atoms with van der Waals surface area (Å²) in [7, 11) is -4.08. The van der Waals surface area contributed by atoms with Crippen molar-refractivity contribution in [3.05, 3.63) is 30.1 Å². The summed E-state index contributed by atoms with van der Waals surface area (Å²) in [6.07, 6.45) is 1.48. The molecule has 0 heterocycles. The first-order valence-corrected chi connectivity index (χ1v) is 8.53. The standard InChI is InChI=1S/C15H17FO5S/c1-10(17)21-15(11-4-2-6-13(18)8-11)22(19,20)14-7-3-5-12(16)9-14/h3,5,7,9,11,15H,2,4,6,8H2,1H3. The number of hydrogen-bond acceptors (Lipinski definition) is 5. The van der Waals surface area contributed by atoms with Crippen molar-refractivity contribution < 1.29 is 27.1 Å². The largest absolute Gasteiger partial charge is 0.445 e. The van der Waals surface area contributed by atoms with Crippen LogP contribution in [0.3, 0.4) is 0 Å². The van der Waals surface area contributed by atoms with E-state index in [0.717, 1.165) is 19.1 Å². The molecular formula is C15H17FO5S. The van der Waals surface area contributed by atoms with Crippen LogP contribution in [-0.2, 0) is 24.2 Å². The van der Waals surface area contributed by atoms with E-state index in [9.17, 15) is 22.4 Å². The minimum absolute atomic E-state index is 0.0481. The summed E-state index contributed by atoms with van der Waals surface area (Å²) < 4.78 is 43.6. The molecule has 0 amide bonds. The van der Waals surface area contributed by atoms with Crippen molar-refractivity contribution in [3.8, 4) is 0 Å². The average molecular weight is 328 g/mol. The lowest BCUT2D eigenvalue weighted by Gasteiger charge is -2.28. The van der Waals surface area contributed by atoms with Gasteiger partial charge < -0.3 is 4.74 Å². The number of carbonyl (C=O) groups excluding carboxylic acids is 2. The topological polar surface area (TPSA) is 77.5 Å². The van der Waals surface area contributed by atoms with E-state index in [0.29, 0.717) is 19.3 Å². The second kappa shape index (κ2) is 6.56. The zero-order valence-corrected chi connectivity index (χ0v) is 12.9. The molecule has 2 rings (SSSR count). The third kappa shape index (κ3) is 3.71. The summed E-state index contributed by atoms with van der Waals surface area (Å²) in [6, 6.07) is 4.54. The highest BCUT2D eigenvalue weighted by atomic mass is 32.2. The molecule has 1 aliphatic rings. The van der Waals surface area contributed by atoms with Gasteiger partial charge in [-0.3, -0.25) is 9.59 Å². The van der Waals surface area contributed by atoms with Crippen molar-refractivity contribution in [1.82, 2.24) is 0 Å². The van der Waals surface area contributed by atoms with Crippen LogP contribution in [0.25, 0.3) is 0 Å². The maximum Gasteiger partial charge on any atom is 0.303 e. The highest BCUT2D eigenvalue weighted by molar-refractivity contribution is 7.92. The quantitative estimate of drug-likeness (QED) is 0.792. The van der Waals surface area contributed by atoms with Gasteiger partial charge in [-0.05, 0) is 31.0 Å². The molecule has 1 aliphatic carbocycles. The number of halogens is 1. The molecule has 1 fully saturated rings. The number of benzene rings is 1. The van der Waals surface area contributed by atoms with E-state index in [4.69, 9.17) is 4.74 Å². The Labute approximate surface area is 128 Å². The van der Waals surface area contributed by atoms with Gasteiger partial charge in [0.1, 0.15) is 11.6 Å². The number of Topliss-reactive ketones (excluding diaryl/α,β-unsaturated/α-hetero) is 1. The smallest absolute Gasteiger partial charge is 0.303 e. The molecule has 7 heteroatoms. The Morgan fingerprint density at radius 1 is 1.41 bits per heavy atom. The lowest BCUT2D eigenvalue weighted by molar-refractivity contribution is -0.146. The van der Waals surface area contributed by atoms with E-state index in [2.05, 4.69) is 0 Å². The van der Waals surface area contributed by atoms with Gasteiger partial charge in [0.05, 0.1) is 4.90 Å². The van der Waals surface area contributed by atoms with Crippen LogP contribution in [-0.4, -0.2) is 25.6 Å². The van der Waals surface area contributed by atoms with E-state index in [-0.39, 0.29) is 17.1 Å². The molecule has 0 aliphatic heterocycles. The Hall–Kier alpha value is -1.76. The SMILES string of the molecule is CC(=O)OC(C1CCCC(=O)C1)S(=O)(=O)c1cccc(F)c1. The molecule has 22 heavy (non-hydrogen) atoms. The second-order valence-corrected chi connectivity index (χ2v) is 7.40. The third-order valence-corrected chi connectivity index (χ3v) is 5.62. The van der Waals surface area contributed by atoms with Gasteiger partial charge in [0.2, 0.25) is 15.3 Å². The Morgan fingerprint density at radius 3 is 2.73 bits per heavy atom. The fourth-order valence-electron chi connectivity index (χ4n) is 2.64. The van der Waals surface area contributed by atoms with Crippen LogP contribution in [0.2, 0.25) is 0 Å². The molecule has 0 spiro atoms. The van der Waals surface area contributed by atoms with Crippen molar-refractivity contribution in [1.29, 1.82) is 0 Å². The van der Waals surface area contributed by atoms with Crippen molar-refractivity contribution in [3.63, 3.8) is 0 Å². The van der Waals surface area contributed by atoms with Gasteiger partial charge in [0.25, 0.3) is 0 Å². The Balaban J connectivity index is 2.39. The minimum atomic E-state index is -4.08. The summed E-state index contributed by atoms with van der Waals surface area (Å²) >= 11 is 0. The maximum atomic E-state index is 13.3. The van der Waals surface area contributed by atoms with Crippen LogP contribution in [0.5, 0.6) is 0 Å². The van der Waals surface area contributed by atoms with Gasteiger partial charge in [-0.15, -0.1) is 0 Å². The molecule has 120 valence electrons. The average Bonchev–Trinajstić information content (AvgIpc) is 2.44. The molecule has 1 aromatic carbocycles. The predicted octanol–water partition coefficient (Wildman–Crippen LogP) is 2.25. The van der Waals surface area contributed by atoms with Crippen molar-refractivity contribution in [2.75, 3.05) is 0 Å². The zero-order valence-electron chi connectivity index (χ0n) is 12.1. The Bertz CT molecular complexity index is 683. The Morgan fingerprint density at radius 2 is 2.14 bits per heavy atom. The summed E-state index contributed by atoms with van der Waals surface area (Å²) in [5.74, 6) is -2.09. The molecule has 0 saturated heterocycles. The first kappa shape index (κ1) is 16.6. The number of sulfone groups is 1. The number of ketones is 1. The molecule has 1 saturated carbocycles. The fourth-order valence-corrected chi connectivity index (χ4v) is 4.46. The molecule has 2 unspecified atom stereocenters. The minimum Gasteiger partial charge on any atom is -0.445 e. The summed E-state index contributed by atoms with van der Waals surface area (Å²) in [6.45, 7) is 1.11. The first-order chi connectivity index (χ1) is 10.3. The molecule has 0 N–H and O–H groups in total. The monoisotopic (exact) mass is 328 g/mol. The van der Waals surface area contributed by atoms with Gasteiger partial charge in [0, 0.05) is 25.7 Å². The van der Waals surface area contributed by atoms with E-state index in [1.165, 1.54) is 12.1 Å². The van der Waals surface area contributed by atoms with E-state index >= 15 is 0 Å². The first-order valence-electron chi connectivity index (χ1n) is 6.99. The van der Waals surface area contributed by atoms with E-state index in [1.807, 2.05) is 0 Å². The highest BCUT2D eigenvalue weighted by Crippen LogP contribution is 2.32. The van der Waals surface area contributed by atoms with Gasteiger partial charge >= 0.3 is 5.97 Å². The molecule has 1 aromatic rings. The van der Waals surface area contributed by atoms with E-state index in [1.54, 1.807) is 0 Å². The van der Waals surface area contributed by atoms with Crippen molar-refractivity contribution >= 4 is 21.6 Å². The molecule has 5 nitrogen and oxygen atoms in total. The molecular weight excluding hydrogens is 311 g/mol. The van der Waals surface area contributed by atoms with Gasteiger partial charge in [0.15, 0.2) is 0 Å². The summed E-state index contributed by atoms with van der Waals surface area (Å²) in [4.78, 5) is 22.6. The van der Waals surface area contributed by atoms with Crippen LogP contribution >= 0.6 is 0 Å². The summed E-state index contributed by atoms with van der Waals surface area (Å²) in [5, 5.41) is 0. The number of rotatable bonds is 4. The maximum absolute atomic E-state index is 13.3. The number of esters is 1. The van der Waals surface area contributed by atoms with Gasteiger partial charge in [-0.1, -0.05) is 6.07 Å². The van der Waals surface area contributed by atoms with Crippen LogP contribution in [0, 0.1) is 11.7 Å². The number of carbonyl (C=O) groups is 2. The molecule has 0 aromatic heterocycles. The van der Waals surface area contributed by atoms with Crippen LogP contribution in [0.4, 0.5) is 4.39 Å². The normalized spacial score (nSPS) is 20.5. The summed E-state index contributed by atoms with van der Waals surface area (Å²) in [5.41, 5.74) is -1.46. The molecule has 2 atom stereocenters. The predicted molar refractivity (Wildman–Crippen MR) is 76.1 cm³/mol. The lowest BCUT2D eigenvalue weighted by Crippen LogP contribution is -2.37. The second-order valence-electron chi connectivity index (χ2n) is 5.38. The van der Waals surface area contributed by atoms with Crippen LogP contribution < -0.4 is 0 Å². The Kier molecular flexibility index (Phi) is 4.95. The van der Waals surface area contributed by atoms with Gasteiger partial charge in [-0.2, -0.15) is 0 Å².